The number of nitrogens with one attached hydrogen (secondary N) is 1. The van der Waals surface area contributed by atoms with Crippen molar-refractivity contribution in [3.63, 3.8) is 0 Å². The van der Waals surface area contributed by atoms with Gasteiger partial charge < -0.3 is 10.2 Å². The molecule has 0 aromatic heterocycles. The Kier molecular flexibility index (Phi) is 4.12. The molecular formula is C18H24N2O3S. The molecule has 0 radical (unpaired) electrons. The Labute approximate surface area is 143 Å². The molecule has 1 N–H and O–H groups in total. The highest BCUT2D eigenvalue weighted by atomic mass is 32.2. The summed E-state index contributed by atoms with van der Waals surface area (Å²) < 4.78 is 25.2. The summed E-state index contributed by atoms with van der Waals surface area (Å²) in [5.41, 5.74) is 0.591. The van der Waals surface area contributed by atoms with Crippen LogP contribution in [0.5, 0.6) is 0 Å². The standard InChI is InChI=1S/C18H24N2O3S/c21-18(20-11-14-9-19-10-15(14)12-20)13-5-7-17(8-6-13)24(22,23)16-3-1-2-4-16/h5-8,14-16,19H,1-4,9-12H2/t14-,15+. The van der Waals surface area contributed by atoms with Gasteiger partial charge in [0.2, 0.25) is 0 Å². The van der Waals surface area contributed by atoms with Gasteiger partial charge in [-0.2, -0.15) is 0 Å². The van der Waals surface area contributed by atoms with Gasteiger partial charge in [0, 0.05) is 31.7 Å². The first-order valence-electron chi connectivity index (χ1n) is 8.89. The number of hydrogen-bond donors (Lipinski definition) is 1. The van der Waals surface area contributed by atoms with Crippen LogP contribution in [0.4, 0.5) is 0 Å². The minimum absolute atomic E-state index is 0.0224. The molecule has 130 valence electrons. The number of sulfone groups is 1. The van der Waals surface area contributed by atoms with Gasteiger partial charge in [0.25, 0.3) is 5.91 Å². The summed E-state index contributed by atoms with van der Waals surface area (Å²) in [5.74, 6) is 1.15. The Morgan fingerprint density at radius 2 is 1.58 bits per heavy atom. The summed E-state index contributed by atoms with van der Waals surface area (Å²) in [6.45, 7) is 3.59. The van der Waals surface area contributed by atoms with Crippen LogP contribution in [0.25, 0.3) is 0 Å². The minimum atomic E-state index is -3.25. The molecule has 5 nitrogen and oxygen atoms in total. The normalized spacial score (nSPS) is 27.6. The molecule has 2 saturated heterocycles. The molecule has 1 aromatic rings. The third kappa shape index (κ3) is 2.75. The number of carbonyl (C=O) groups is 1. The van der Waals surface area contributed by atoms with E-state index in [1.807, 2.05) is 4.90 Å². The average molecular weight is 348 g/mol. The molecule has 1 aliphatic carbocycles. The number of hydrogen-bond acceptors (Lipinski definition) is 4. The Bertz CT molecular complexity index is 711. The maximum Gasteiger partial charge on any atom is 0.253 e. The zero-order valence-corrected chi connectivity index (χ0v) is 14.6. The lowest BCUT2D eigenvalue weighted by Gasteiger charge is -2.18. The molecule has 2 heterocycles. The van der Waals surface area contributed by atoms with Crippen LogP contribution >= 0.6 is 0 Å². The van der Waals surface area contributed by atoms with E-state index in [9.17, 15) is 13.2 Å². The molecule has 0 spiro atoms. The smallest absolute Gasteiger partial charge is 0.253 e. The number of amides is 1. The van der Waals surface area contributed by atoms with E-state index >= 15 is 0 Å². The van der Waals surface area contributed by atoms with Crippen molar-refractivity contribution in [1.29, 1.82) is 0 Å². The van der Waals surface area contributed by atoms with Crippen LogP contribution in [0, 0.1) is 11.8 Å². The molecule has 1 amide bonds. The van der Waals surface area contributed by atoms with E-state index in [0.29, 0.717) is 22.3 Å². The van der Waals surface area contributed by atoms with Gasteiger partial charge in [-0.3, -0.25) is 4.79 Å². The van der Waals surface area contributed by atoms with Crippen molar-refractivity contribution in [2.75, 3.05) is 26.2 Å². The van der Waals surface area contributed by atoms with E-state index in [1.165, 1.54) is 0 Å². The second-order valence-corrected chi connectivity index (χ2v) is 9.59. The van der Waals surface area contributed by atoms with Gasteiger partial charge in [0.05, 0.1) is 10.1 Å². The average Bonchev–Trinajstić information content (AvgIpc) is 3.30. The molecule has 2 aliphatic heterocycles. The van der Waals surface area contributed by atoms with Crippen molar-refractivity contribution in [3.05, 3.63) is 29.8 Å². The lowest BCUT2D eigenvalue weighted by Crippen LogP contribution is -2.31. The fourth-order valence-electron chi connectivity index (χ4n) is 4.38. The van der Waals surface area contributed by atoms with E-state index in [2.05, 4.69) is 5.32 Å². The number of rotatable bonds is 3. The van der Waals surface area contributed by atoms with Crippen LogP contribution in [-0.2, 0) is 9.84 Å². The Morgan fingerprint density at radius 1 is 1.00 bits per heavy atom. The van der Waals surface area contributed by atoms with Crippen LogP contribution in [0.3, 0.4) is 0 Å². The lowest BCUT2D eigenvalue weighted by atomic mass is 10.0. The number of benzene rings is 1. The van der Waals surface area contributed by atoms with Crippen molar-refractivity contribution < 1.29 is 13.2 Å². The number of carbonyl (C=O) groups excluding carboxylic acids is 1. The summed E-state index contributed by atoms with van der Waals surface area (Å²) in [5, 5.41) is 3.12. The lowest BCUT2D eigenvalue weighted by molar-refractivity contribution is 0.0781. The highest BCUT2D eigenvalue weighted by molar-refractivity contribution is 7.92. The quantitative estimate of drug-likeness (QED) is 0.903. The molecule has 3 fully saturated rings. The molecule has 2 atom stereocenters. The number of nitrogens with zero attached hydrogens (tertiary/aromatic N) is 1. The fraction of sp³-hybridized carbons (Fsp3) is 0.611. The Hall–Kier alpha value is -1.40. The van der Waals surface area contributed by atoms with Crippen LogP contribution in [0.1, 0.15) is 36.0 Å². The SMILES string of the molecule is O=C(c1ccc(S(=O)(=O)C2CCCC2)cc1)N1C[C@H]2CNC[C@H]2C1. The van der Waals surface area contributed by atoms with E-state index < -0.39 is 9.84 Å². The van der Waals surface area contributed by atoms with Crippen molar-refractivity contribution in [1.82, 2.24) is 10.2 Å². The summed E-state index contributed by atoms with van der Waals surface area (Å²) in [6.07, 6.45) is 3.50. The Balaban J connectivity index is 1.48. The van der Waals surface area contributed by atoms with Crippen LogP contribution < -0.4 is 5.32 Å². The van der Waals surface area contributed by atoms with E-state index in [1.54, 1.807) is 24.3 Å². The van der Waals surface area contributed by atoms with Crippen molar-refractivity contribution in [3.8, 4) is 0 Å². The maximum atomic E-state index is 12.7. The first-order valence-corrected chi connectivity index (χ1v) is 10.4. The predicted molar refractivity (Wildman–Crippen MR) is 91.6 cm³/mol. The molecule has 6 heteroatoms. The second kappa shape index (κ2) is 6.15. The summed E-state index contributed by atoms with van der Waals surface area (Å²) in [6, 6.07) is 6.58. The van der Waals surface area contributed by atoms with Gasteiger partial charge in [-0.1, -0.05) is 12.8 Å². The first-order chi connectivity index (χ1) is 11.6. The number of fused-ring (bicyclic) bond motifs is 1. The summed E-state index contributed by atoms with van der Waals surface area (Å²) in [7, 11) is -3.25. The summed E-state index contributed by atoms with van der Waals surface area (Å²) in [4.78, 5) is 14.9. The molecule has 0 bridgehead atoms. The number of likely N-dealkylation sites (tertiary alicyclic amines) is 1. The zero-order chi connectivity index (χ0) is 16.7. The van der Waals surface area contributed by atoms with Crippen LogP contribution in [0.15, 0.2) is 29.2 Å². The molecule has 24 heavy (non-hydrogen) atoms. The molecule has 1 saturated carbocycles. The van der Waals surface area contributed by atoms with E-state index in [0.717, 1.165) is 51.9 Å². The van der Waals surface area contributed by atoms with Gasteiger partial charge in [0.15, 0.2) is 9.84 Å². The minimum Gasteiger partial charge on any atom is -0.338 e. The van der Waals surface area contributed by atoms with E-state index in [-0.39, 0.29) is 11.2 Å². The summed E-state index contributed by atoms with van der Waals surface area (Å²) >= 11 is 0. The largest absolute Gasteiger partial charge is 0.338 e. The van der Waals surface area contributed by atoms with Gasteiger partial charge in [0.1, 0.15) is 0 Å². The predicted octanol–water partition coefficient (Wildman–Crippen LogP) is 1.69. The van der Waals surface area contributed by atoms with Gasteiger partial charge >= 0.3 is 0 Å². The van der Waals surface area contributed by atoms with Crippen molar-refractivity contribution in [2.24, 2.45) is 11.8 Å². The van der Waals surface area contributed by atoms with Crippen LogP contribution in [0.2, 0.25) is 0 Å². The zero-order valence-electron chi connectivity index (χ0n) is 13.8. The van der Waals surface area contributed by atoms with E-state index in [4.69, 9.17) is 0 Å². The second-order valence-electron chi connectivity index (χ2n) is 7.36. The topological polar surface area (TPSA) is 66.5 Å². The molecular weight excluding hydrogens is 324 g/mol. The third-order valence-corrected chi connectivity index (χ3v) is 8.13. The third-order valence-electron chi connectivity index (χ3n) is 5.85. The van der Waals surface area contributed by atoms with Gasteiger partial charge in [-0.15, -0.1) is 0 Å². The van der Waals surface area contributed by atoms with Crippen molar-refractivity contribution >= 4 is 15.7 Å². The molecule has 4 rings (SSSR count). The maximum absolute atomic E-state index is 12.7. The fourth-order valence-corrected chi connectivity index (χ4v) is 6.24. The first kappa shape index (κ1) is 16.1. The highest BCUT2D eigenvalue weighted by Gasteiger charge is 2.38. The van der Waals surface area contributed by atoms with Gasteiger partial charge in [-0.25, -0.2) is 8.42 Å². The monoisotopic (exact) mass is 348 g/mol. The Morgan fingerprint density at radius 3 is 2.17 bits per heavy atom. The molecule has 0 unspecified atom stereocenters. The highest BCUT2D eigenvalue weighted by Crippen LogP contribution is 2.30. The molecule has 1 aromatic carbocycles. The van der Waals surface area contributed by atoms with Gasteiger partial charge in [-0.05, 0) is 48.9 Å². The molecule has 3 aliphatic rings. The van der Waals surface area contributed by atoms with Crippen molar-refractivity contribution in [2.45, 2.75) is 35.8 Å². The van der Waals surface area contributed by atoms with Crippen LogP contribution in [-0.4, -0.2) is 50.7 Å².